The molecular formula is C26H36N4O2. The number of carbonyl (C=O) groups is 2. The van der Waals surface area contributed by atoms with Gasteiger partial charge in [-0.05, 0) is 44.4 Å². The number of carbonyl (C=O) groups excluding carboxylic acids is 2. The van der Waals surface area contributed by atoms with Crippen LogP contribution in [0.3, 0.4) is 0 Å². The molecule has 2 heterocycles. The fraction of sp³-hybridized carbons (Fsp3) is 0.577. The molecule has 2 amide bonds. The number of hydrogen-bond acceptors (Lipinski definition) is 3. The average Bonchev–Trinajstić information content (AvgIpc) is 3.00. The number of anilines is 1. The van der Waals surface area contributed by atoms with Crippen LogP contribution in [0.4, 0.5) is 5.69 Å². The van der Waals surface area contributed by atoms with Gasteiger partial charge in [-0.15, -0.1) is 0 Å². The van der Waals surface area contributed by atoms with Crippen molar-refractivity contribution >= 4 is 17.5 Å². The Labute approximate surface area is 191 Å². The number of para-hydroxylation sites is 1. The molecule has 1 aromatic heterocycles. The fourth-order valence-electron chi connectivity index (χ4n) is 4.90. The van der Waals surface area contributed by atoms with E-state index in [0.717, 1.165) is 42.6 Å². The number of nitrogens with zero attached hydrogens (tertiary/aromatic N) is 3. The maximum Gasteiger partial charge on any atom is 0.277 e. The van der Waals surface area contributed by atoms with E-state index in [4.69, 9.17) is 5.10 Å². The first kappa shape index (κ1) is 22.6. The molecule has 1 aliphatic carbocycles. The number of fused-ring (bicyclic) bond motifs is 1. The lowest BCUT2D eigenvalue weighted by atomic mass is 9.91. The van der Waals surface area contributed by atoms with Crippen molar-refractivity contribution in [3.63, 3.8) is 0 Å². The van der Waals surface area contributed by atoms with Crippen molar-refractivity contribution in [1.82, 2.24) is 15.1 Å². The molecule has 32 heavy (non-hydrogen) atoms. The Morgan fingerprint density at radius 1 is 1.12 bits per heavy atom. The summed E-state index contributed by atoms with van der Waals surface area (Å²) < 4.78 is 1.74. The minimum atomic E-state index is -1.07. The molecule has 1 fully saturated rings. The zero-order valence-electron chi connectivity index (χ0n) is 20.1. The molecule has 1 atom stereocenters. The molecule has 0 bridgehead atoms. The minimum absolute atomic E-state index is 0.0977. The van der Waals surface area contributed by atoms with Gasteiger partial charge in [0.25, 0.3) is 5.91 Å². The summed E-state index contributed by atoms with van der Waals surface area (Å²) in [6, 6.07) is 9.85. The molecule has 0 spiro atoms. The number of amides is 2. The van der Waals surface area contributed by atoms with Gasteiger partial charge in [0.2, 0.25) is 5.91 Å². The van der Waals surface area contributed by atoms with Crippen molar-refractivity contribution in [2.45, 2.75) is 96.7 Å². The summed E-state index contributed by atoms with van der Waals surface area (Å²) in [5, 5.41) is 8.05. The topological polar surface area (TPSA) is 67.2 Å². The number of hydrogen-bond donors (Lipinski definition) is 1. The lowest BCUT2D eigenvalue weighted by molar-refractivity contribution is -0.127. The summed E-state index contributed by atoms with van der Waals surface area (Å²) in [4.78, 5) is 29.4. The molecule has 2 aromatic rings. The first-order chi connectivity index (χ1) is 15.1. The molecule has 4 rings (SSSR count). The van der Waals surface area contributed by atoms with E-state index in [1.54, 1.807) is 9.58 Å². The average molecular weight is 437 g/mol. The molecule has 6 heteroatoms. The van der Waals surface area contributed by atoms with Crippen molar-refractivity contribution < 1.29 is 9.59 Å². The van der Waals surface area contributed by atoms with Gasteiger partial charge in [0, 0.05) is 17.1 Å². The van der Waals surface area contributed by atoms with Crippen LogP contribution in [0.25, 0.3) is 0 Å². The van der Waals surface area contributed by atoms with Crippen molar-refractivity contribution in [2.24, 2.45) is 0 Å². The predicted octanol–water partition coefficient (Wildman–Crippen LogP) is 4.75. The van der Waals surface area contributed by atoms with Gasteiger partial charge in [-0.25, -0.2) is 0 Å². The molecule has 1 N–H and O–H groups in total. The molecule has 2 aliphatic rings. The highest BCUT2D eigenvalue weighted by molar-refractivity contribution is 6.12. The van der Waals surface area contributed by atoms with E-state index >= 15 is 0 Å². The van der Waals surface area contributed by atoms with Crippen LogP contribution in [0.2, 0.25) is 0 Å². The van der Waals surface area contributed by atoms with Crippen LogP contribution < -0.4 is 10.2 Å². The van der Waals surface area contributed by atoms with Gasteiger partial charge in [-0.3, -0.25) is 19.2 Å². The van der Waals surface area contributed by atoms with Crippen molar-refractivity contribution in [3.05, 3.63) is 47.3 Å². The molecule has 1 aliphatic heterocycles. The fourth-order valence-corrected chi connectivity index (χ4v) is 4.90. The number of rotatable bonds is 3. The summed E-state index contributed by atoms with van der Waals surface area (Å²) in [6.45, 7) is 10.5. The molecule has 6 nitrogen and oxygen atoms in total. The van der Waals surface area contributed by atoms with Gasteiger partial charge < -0.3 is 5.32 Å². The standard InChI is InChI=1S/C26H36N4O2/c1-18-12-10-11-15-20(18)30-23(31)21-16-22(25(2,3)4)28-29(21)17-26(30,5)24(32)27-19-13-8-6-7-9-14-19/h10-12,15-16,19H,6-9,13-14,17H2,1-5H3,(H,27,32)/t26-/m1/s1. The Morgan fingerprint density at radius 2 is 1.78 bits per heavy atom. The molecule has 0 radical (unpaired) electrons. The van der Waals surface area contributed by atoms with Gasteiger partial charge in [0.1, 0.15) is 11.2 Å². The highest BCUT2D eigenvalue weighted by Crippen LogP contribution is 2.36. The summed E-state index contributed by atoms with van der Waals surface area (Å²) >= 11 is 0. The van der Waals surface area contributed by atoms with E-state index < -0.39 is 5.54 Å². The predicted molar refractivity (Wildman–Crippen MR) is 127 cm³/mol. The molecule has 0 unspecified atom stereocenters. The zero-order chi connectivity index (χ0) is 23.1. The summed E-state index contributed by atoms with van der Waals surface area (Å²) in [6.07, 6.45) is 6.73. The highest BCUT2D eigenvalue weighted by atomic mass is 16.2. The molecule has 1 saturated carbocycles. The number of nitrogens with one attached hydrogen (secondary N) is 1. The van der Waals surface area contributed by atoms with Gasteiger partial charge >= 0.3 is 0 Å². The Balaban J connectivity index is 1.77. The third-order valence-corrected chi connectivity index (χ3v) is 6.96. The molecule has 1 aromatic carbocycles. The van der Waals surface area contributed by atoms with Crippen LogP contribution in [-0.2, 0) is 16.8 Å². The maximum atomic E-state index is 13.9. The number of benzene rings is 1. The third kappa shape index (κ3) is 4.07. The number of aromatic nitrogens is 2. The van der Waals surface area contributed by atoms with Gasteiger partial charge in [0.05, 0.1) is 12.2 Å². The quantitative estimate of drug-likeness (QED) is 0.706. The number of aryl methyl sites for hydroxylation is 1. The summed E-state index contributed by atoms with van der Waals surface area (Å²) in [5.41, 5.74) is 1.90. The SMILES string of the molecule is Cc1ccccc1N1C(=O)c2cc(C(C)(C)C)nn2C[C@]1(C)C(=O)NC1CCCCCC1. The van der Waals surface area contributed by atoms with Crippen molar-refractivity contribution in [3.8, 4) is 0 Å². The maximum absolute atomic E-state index is 13.9. The Morgan fingerprint density at radius 3 is 2.41 bits per heavy atom. The molecule has 0 saturated heterocycles. The van der Waals surface area contributed by atoms with Crippen LogP contribution in [0.1, 0.15) is 88.0 Å². The van der Waals surface area contributed by atoms with E-state index in [1.165, 1.54) is 12.8 Å². The van der Waals surface area contributed by atoms with Crippen molar-refractivity contribution in [1.29, 1.82) is 0 Å². The van der Waals surface area contributed by atoms with Crippen LogP contribution >= 0.6 is 0 Å². The summed E-state index contributed by atoms with van der Waals surface area (Å²) in [7, 11) is 0. The second-order valence-electron chi connectivity index (χ2n) is 10.7. The summed E-state index contributed by atoms with van der Waals surface area (Å²) in [5.74, 6) is -0.272. The Kier molecular flexibility index (Phi) is 5.91. The second-order valence-corrected chi connectivity index (χ2v) is 10.7. The molecule has 172 valence electrons. The van der Waals surface area contributed by atoms with Crippen molar-refractivity contribution in [2.75, 3.05) is 4.90 Å². The monoisotopic (exact) mass is 436 g/mol. The van der Waals surface area contributed by atoms with Crippen LogP contribution in [0.15, 0.2) is 30.3 Å². The lowest BCUT2D eigenvalue weighted by Gasteiger charge is -2.44. The van der Waals surface area contributed by atoms with E-state index in [2.05, 4.69) is 26.1 Å². The van der Waals surface area contributed by atoms with Gasteiger partial charge in [-0.1, -0.05) is 64.7 Å². The van der Waals surface area contributed by atoms with Gasteiger partial charge in [-0.2, -0.15) is 5.10 Å². The minimum Gasteiger partial charge on any atom is -0.351 e. The third-order valence-electron chi connectivity index (χ3n) is 6.96. The lowest BCUT2D eigenvalue weighted by Crippen LogP contribution is -2.65. The van der Waals surface area contributed by atoms with E-state index in [-0.39, 0.29) is 23.3 Å². The van der Waals surface area contributed by atoms with Crippen LogP contribution in [0, 0.1) is 6.92 Å². The Hall–Kier alpha value is -2.63. The normalized spacial score (nSPS) is 22.4. The van der Waals surface area contributed by atoms with E-state index in [9.17, 15) is 9.59 Å². The van der Waals surface area contributed by atoms with Crippen LogP contribution in [0.5, 0.6) is 0 Å². The van der Waals surface area contributed by atoms with E-state index in [1.807, 2.05) is 44.2 Å². The molecular weight excluding hydrogens is 400 g/mol. The smallest absolute Gasteiger partial charge is 0.277 e. The van der Waals surface area contributed by atoms with Crippen LogP contribution in [-0.4, -0.2) is 33.2 Å². The van der Waals surface area contributed by atoms with Gasteiger partial charge in [0.15, 0.2) is 0 Å². The zero-order valence-corrected chi connectivity index (χ0v) is 20.1. The first-order valence-corrected chi connectivity index (χ1v) is 11.9. The highest BCUT2D eigenvalue weighted by Gasteiger charge is 2.49. The second kappa shape index (κ2) is 8.38. The van der Waals surface area contributed by atoms with E-state index in [0.29, 0.717) is 12.2 Å². The largest absolute Gasteiger partial charge is 0.351 e. The first-order valence-electron chi connectivity index (χ1n) is 11.9. The Bertz CT molecular complexity index is 1010.